The van der Waals surface area contributed by atoms with Crippen molar-refractivity contribution in [2.45, 2.75) is 38.3 Å². The molecule has 0 aromatic carbocycles. The maximum atomic E-state index is 11.7. The van der Waals surface area contributed by atoms with Crippen LogP contribution in [0, 0.1) is 0 Å². The topological polar surface area (TPSA) is 74.5 Å². The molecule has 1 amide bonds. The largest absolute Gasteiger partial charge is 0.370 e. The van der Waals surface area contributed by atoms with E-state index in [1.165, 1.54) is 12.8 Å². The average molecular weight is 305 g/mol. The summed E-state index contributed by atoms with van der Waals surface area (Å²) in [6, 6.07) is 4.40. The first kappa shape index (κ1) is 16.7. The third-order valence-electron chi connectivity index (χ3n) is 4.08. The summed E-state index contributed by atoms with van der Waals surface area (Å²) in [5, 5.41) is 2.77. The number of nitrogens with one attached hydrogen (secondary N) is 1. The number of carbonyl (C=O) groups is 1. The van der Waals surface area contributed by atoms with Crippen LogP contribution in [0.25, 0.3) is 0 Å². The zero-order chi connectivity index (χ0) is 16.1. The summed E-state index contributed by atoms with van der Waals surface area (Å²) in [6.07, 6.45) is 4.47. The van der Waals surface area contributed by atoms with Crippen molar-refractivity contribution >= 4 is 17.4 Å². The highest BCUT2D eigenvalue weighted by Crippen LogP contribution is 2.21. The molecule has 1 aliphatic heterocycles. The van der Waals surface area contributed by atoms with Crippen LogP contribution >= 0.6 is 0 Å². The molecule has 1 unspecified atom stereocenters. The lowest BCUT2D eigenvalue weighted by Gasteiger charge is -2.36. The SMILES string of the molecule is CC(N)CC(=O)Nc1ccc(N2CCC(N(C)C)CC2)cn1. The molecular formula is C16H27N5O. The van der Waals surface area contributed by atoms with Gasteiger partial charge in [-0.3, -0.25) is 4.79 Å². The van der Waals surface area contributed by atoms with Crippen molar-refractivity contribution in [3.05, 3.63) is 18.3 Å². The highest BCUT2D eigenvalue weighted by atomic mass is 16.1. The van der Waals surface area contributed by atoms with Crippen LogP contribution in [0.1, 0.15) is 26.2 Å². The van der Waals surface area contributed by atoms with E-state index in [0.717, 1.165) is 18.8 Å². The molecule has 6 heteroatoms. The van der Waals surface area contributed by atoms with Gasteiger partial charge in [-0.2, -0.15) is 0 Å². The molecular weight excluding hydrogens is 278 g/mol. The molecule has 22 heavy (non-hydrogen) atoms. The zero-order valence-corrected chi connectivity index (χ0v) is 13.7. The zero-order valence-electron chi connectivity index (χ0n) is 13.7. The molecule has 0 aliphatic carbocycles. The van der Waals surface area contributed by atoms with E-state index in [9.17, 15) is 4.79 Å². The third-order valence-corrected chi connectivity index (χ3v) is 4.08. The normalized spacial score (nSPS) is 17.6. The summed E-state index contributed by atoms with van der Waals surface area (Å²) in [4.78, 5) is 20.6. The van der Waals surface area contributed by atoms with E-state index in [1.54, 1.807) is 0 Å². The Kier molecular flexibility index (Phi) is 5.74. The summed E-state index contributed by atoms with van der Waals surface area (Å²) in [7, 11) is 4.28. The number of nitrogens with two attached hydrogens (primary N) is 1. The van der Waals surface area contributed by atoms with E-state index in [2.05, 4.69) is 34.2 Å². The van der Waals surface area contributed by atoms with Gasteiger partial charge in [-0.25, -0.2) is 4.98 Å². The summed E-state index contributed by atoms with van der Waals surface area (Å²) >= 11 is 0. The maximum Gasteiger partial charge on any atom is 0.227 e. The Bertz CT molecular complexity index is 478. The van der Waals surface area contributed by atoms with Crippen LogP contribution in [-0.2, 0) is 4.79 Å². The van der Waals surface area contributed by atoms with Crippen molar-refractivity contribution in [1.82, 2.24) is 9.88 Å². The molecule has 1 aromatic rings. The molecule has 0 radical (unpaired) electrons. The molecule has 1 aromatic heterocycles. The van der Waals surface area contributed by atoms with E-state index in [-0.39, 0.29) is 11.9 Å². The highest BCUT2D eigenvalue weighted by Gasteiger charge is 2.20. The first-order valence-electron chi connectivity index (χ1n) is 7.88. The lowest BCUT2D eigenvalue weighted by Crippen LogP contribution is -2.42. The molecule has 1 saturated heterocycles. The van der Waals surface area contributed by atoms with Gasteiger partial charge in [0.1, 0.15) is 5.82 Å². The number of carbonyl (C=O) groups excluding carboxylic acids is 1. The molecule has 122 valence electrons. The monoisotopic (exact) mass is 305 g/mol. The van der Waals surface area contributed by atoms with Gasteiger partial charge in [0, 0.05) is 31.6 Å². The fourth-order valence-electron chi connectivity index (χ4n) is 2.77. The molecule has 6 nitrogen and oxygen atoms in total. The Hall–Kier alpha value is -1.66. The number of aromatic nitrogens is 1. The van der Waals surface area contributed by atoms with Crippen molar-refractivity contribution in [2.75, 3.05) is 37.4 Å². The number of amides is 1. The summed E-state index contributed by atoms with van der Waals surface area (Å²) in [5.41, 5.74) is 6.72. The van der Waals surface area contributed by atoms with Gasteiger partial charge in [0.25, 0.3) is 0 Å². The van der Waals surface area contributed by atoms with Crippen LogP contribution in [0.2, 0.25) is 0 Å². The van der Waals surface area contributed by atoms with Crippen LogP contribution < -0.4 is 16.0 Å². The van der Waals surface area contributed by atoms with E-state index in [0.29, 0.717) is 18.3 Å². The second-order valence-corrected chi connectivity index (χ2v) is 6.31. The van der Waals surface area contributed by atoms with Crippen LogP contribution in [0.5, 0.6) is 0 Å². The fourth-order valence-corrected chi connectivity index (χ4v) is 2.77. The van der Waals surface area contributed by atoms with Gasteiger partial charge in [0.2, 0.25) is 5.91 Å². The minimum absolute atomic E-state index is 0.0953. The van der Waals surface area contributed by atoms with Gasteiger partial charge in [-0.1, -0.05) is 0 Å². The van der Waals surface area contributed by atoms with Gasteiger partial charge >= 0.3 is 0 Å². The van der Waals surface area contributed by atoms with Crippen LogP contribution in [0.4, 0.5) is 11.5 Å². The quantitative estimate of drug-likeness (QED) is 0.857. The molecule has 1 aliphatic rings. The van der Waals surface area contributed by atoms with Crippen LogP contribution in [0.15, 0.2) is 18.3 Å². The molecule has 0 saturated carbocycles. The molecule has 1 atom stereocenters. The van der Waals surface area contributed by atoms with Gasteiger partial charge in [0.05, 0.1) is 11.9 Å². The van der Waals surface area contributed by atoms with Crippen LogP contribution in [0.3, 0.4) is 0 Å². The van der Waals surface area contributed by atoms with Crippen molar-refractivity contribution in [3.8, 4) is 0 Å². The Morgan fingerprint density at radius 2 is 2.14 bits per heavy atom. The fraction of sp³-hybridized carbons (Fsp3) is 0.625. The van der Waals surface area contributed by atoms with E-state index in [4.69, 9.17) is 5.73 Å². The number of anilines is 2. The summed E-state index contributed by atoms with van der Waals surface area (Å²) in [6.45, 7) is 3.90. The van der Waals surface area contributed by atoms with E-state index < -0.39 is 0 Å². The second kappa shape index (κ2) is 7.56. The Balaban J connectivity index is 1.88. The van der Waals surface area contributed by atoms with E-state index >= 15 is 0 Å². The number of nitrogens with zero attached hydrogens (tertiary/aromatic N) is 3. The minimum atomic E-state index is -0.141. The van der Waals surface area contributed by atoms with Gasteiger partial charge in [0.15, 0.2) is 0 Å². The molecule has 2 rings (SSSR count). The second-order valence-electron chi connectivity index (χ2n) is 6.31. The smallest absolute Gasteiger partial charge is 0.227 e. The molecule has 1 fully saturated rings. The van der Waals surface area contributed by atoms with E-state index in [1.807, 2.05) is 25.3 Å². The standard InChI is InChI=1S/C16H27N5O/c1-12(17)10-16(22)19-15-5-4-14(11-18-15)21-8-6-13(7-9-21)20(2)3/h4-5,11-13H,6-10,17H2,1-3H3,(H,18,19,22). The van der Waals surface area contributed by atoms with Crippen molar-refractivity contribution in [2.24, 2.45) is 5.73 Å². The Morgan fingerprint density at radius 1 is 1.45 bits per heavy atom. The third kappa shape index (κ3) is 4.68. The predicted molar refractivity (Wildman–Crippen MR) is 90.1 cm³/mol. The summed E-state index contributed by atoms with van der Waals surface area (Å²) < 4.78 is 0. The van der Waals surface area contributed by atoms with Gasteiger partial charge in [-0.05, 0) is 46.0 Å². The number of rotatable bonds is 5. The lowest BCUT2D eigenvalue weighted by atomic mass is 10.0. The predicted octanol–water partition coefficient (Wildman–Crippen LogP) is 1.29. The average Bonchev–Trinajstić information content (AvgIpc) is 2.47. The molecule has 2 heterocycles. The number of hydrogen-bond acceptors (Lipinski definition) is 5. The minimum Gasteiger partial charge on any atom is -0.370 e. The number of pyridine rings is 1. The van der Waals surface area contributed by atoms with Crippen molar-refractivity contribution < 1.29 is 4.79 Å². The van der Waals surface area contributed by atoms with Crippen LogP contribution in [-0.4, -0.2) is 55.1 Å². The Morgan fingerprint density at radius 3 is 2.64 bits per heavy atom. The highest BCUT2D eigenvalue weighted by molar-refractivity contribution is 5.90. The Labute approximate surface area is 132 Å². The first-order valence-corrected chi connectivity index (χ1v) is 7.88. The molecule has 0 bridgehead atoms. The lowest BCUT2D eigenvalue weighted by molar-refractivity contribution is -0.116. The molecule has 0 spiro atoms. The van der Waals surface area contributed by atoms with Crippen molar-refractivity contribution in [1.29, 1.82) is 0 Å². The summed E-state index contributed by atoms with van der Waals surface area (Å²) in [5.74, 6) is 0.486. The van der Waals surface area contributed by atoms with Gasteiger partial charge in [-0.15, -0.1) is 0 Å². The number of hydrogen-bond donors (Lipinski definition) is 2. The number of piperidine rings is 1. The molecule has 3 N–H and O–H groups in total. The first-order chi connectivity index (χ1) is 10.5. The van der Waals surface area contributed by atoms with Crippen molar-refractivity contribution in [3.63, 3.8) is 0 Å². The van der Waals surface area contributed by atoms with Gasteiger partial charge < -0.3 is 20.9 Å². The maximum absolute atomic E-state index is 11.7.